The minimum atomic E-state index is -0.464. The topological polar surface area (TPSA) is 52.6 Å². The first-order valence-electron chi connectivity index (χ1n) is 9.81. The van der Waals surface area contributed by atoms with Crippen LogP contribution in [0.15, 0.2) is 42.5 Å². The van der Waals surface area contributed by atoms with Crippen molar-refractivity contribution in [1.29, 1.82) is 0 Å². The fourth-order valence-corrected chi connectivity index (χ4v) is 3.27. The molecule has 0 saturated carbocycles. The average Bonchev–Trinajstić information content (AvgIpc) is 2.63. The number of rotatable bonds is 6. The van der Waals surface area contributed by atoms with E-state index in [-0.39, 0.29) is 42.4 Å². The Labute approximate surface area is 169 Å². The average molecular weight is 396 g/mol. The Hall–Kier alpha value is -2.95. The van der Waals surface area contributed by atoms with Crippen LogP contribution in [0.1, 0.15) is 40.5 Å². The van der Waals surface area contributed by atoms with Gasteiger partial charge >= 0.3 is 11.9 Å². The molecule has 0 N–H and O–H groups in total. The van der Waals surface area contributed by atoms with Crippen LogP contribution in [0.2, 0.25) is 0 Å². The summed E-state index contributed by atoms with van der Waals surface area (Å²) in [5, 5.41) is 2.15. The Morgan fingerprint density at radius 2 is 1.21 bits per heavy atom. The first-order chi connectivity index (χ1) is 13.8. The maximum absolute atomic E-state index is 14.1. The van der Waals surface area contributed by atoms with Crippen molar-refractivity contribution in [3.05, 3.63) is 48.3 Å². The van der Waals surface area contributed by atoms with E-state index < -0.39 is 5.82 Å². The van der Waals surface area contributed by atoms with Crippen LogP contribution in [0.5, 0.6) is 11.5 Å². The number of esters is 2. The fraction of sp³-hybridized carbons (Fsp3) is 0.333. The van der Waals surface area contributed by atoms with Crippen LogP contribution in [0, 0.1) is 17.7 Å². The largest absolute Gasteiger partial charge is 0.425 e. The summed E-state index contributed by atoms with van der Waals surface area (Å²) in [4.78, 5) is 24.8. The molecule has 0 atom stereocenters. The quantitative estimate of drug-likeness (QED) is 0.290. The third-order valence-electron chi connectivity index (χ3n) is 4.47. The third kappa shape index (κ3) is 4.73. The molecule has 3 rings (SSSR count). The lowest BCUT2D eigenvalue weighted by Crippen LogP contribution is -2.13. The Kier molecular flexibility index (Phi) is 6.16. The molecule has 4 nitrogen and oxygen atoms in total. The number of carbonyl (C=O) groups is 2. The summed E-state index contributed by atoms with van der Waals surface area (Å²) in [5.74, 6) is -0.301. The highest BCUT2D eigenvalue weighted by Gasteiger charge is 2.21. The summed E-state index contributed by atoms with van der Waals surface area (Å²) < 4.78 is 25.5. The number of ether oxygens (including phenoxy) is 2. The summed E-state index contributed by atoms with van der Waals surface area (Å²) in [5.41, 5.74) is 0. The zero-order valence-corrected chi connectivity index (χ0v) is 17.1. The number of carbonyl (C=O) groups excluding carboxylic acids is 2. The molecule has 0 fully saturated rings. The van der Waals surface area contributed by atoms with E-state index in [0.717, 1.165) is 0 Å². The van der Waals surface area contributed by atoms with Gasteiger partial charge in [0.25, 0.3) is 0 Å². The zero-order valence-electron chi connectivity index (χ0n) is 17.1. The lowest BCUT2D eigenvalue weighted by Gasteiger charge is -2.17. The number of halogens is 1. The molecule has 5 heteroatoms. The minimum absolute atomic E-state index is 0.132. The Morgan fingerprint density at radius 1 is 0.759 bits per heavy atom. The maximum Gasteiger partial charge on any atom is 0.311 e. The van der Waals surface area contributed by atoms with Gasteiger partial charge in [0.05, 0.1) is 0 Å². The van der Waals surface area contributed by atoms with Crippen LogP contribution in [0.3, 0.4) is 0 Å². The third-order valence-corrected chi connectivity index (χ3v) is 4.47. The second kappa shape index (κ2) is 8.60. The lowest BCUT2D eigenvalue weighted by atomic mass is 10.00. The molecule has 29 heavy (non-hydrogen) atoms. The molecule has 152 valence electrons. The molecule has 0 radical (unpaired) electrons. The van der Waals surface area contributed by atoms with E-state index in [4.69, 9.17) is 9.47 Å². The van der Waals surface area contributed by atoms with Crippen LogP contribution in [0.4, 0.5) is 4.39 Å². The van der Waals surface area contributed by atoms with Crippen molar-refractivity contribution < 1.29 is 23.5 Å². The molecule has 3 aromatic carbocycles. The predicted octanol–water partition coefficient (Wildman–Crippen LogP) is 6.04. The smallest absolute Gasteiger partial charge is 0.311 e. The number of hydrogen-bond donors (Lipinski definition) is 0. The number of fused-ring (bicyclic) bond motifs is 2. The zero-order chi connectivity index (χ0) is 21.1. The van der Waals surface area contributed by atoms with Gasteiger partial charge < -0.3 is 9.47 Å². The molecule has 0 aliphatic rings. The first-order valence-corrected chi connectivity index (χ1v) is 9.81. The van der Waals surface area contributed by atoms with Gasteiger partial charge in [0.15, 0.2) is 0 Å². The van der Waals surface area contributed by atoms with E-state index in [0.29, 0.717) is 27.3 Å². The number of hydrogen-bond acceptors (Lipinski definition) is 4. The van der Waals surface area contributed by atoms with Crippen molar-refractivity contribution in [3.8, 4) is 11.5 Å². The van der Waals surface area contributed by atoms with Crippen LogP contribution < -0.4 is 9.47 Å². The van der Waals surface area contributed by atoms with Gasteiger partial charge in [-0.05, 0) is 30.0 Å². The molecule has 0 amide bonds. The Morgan fingerprint density at radius 3 is 1.69 bits per heavy atom. The SMILES string of the molecule is CC(C)CC(=O)Oc1c2ccccc2c(OC(=O)CC(C)C)c2cc(F)ccc12. The fourth-order valence-electron chi connectivity index (χ4n) is 3.27. The molecule has 0 aliphatic carbocycles. The van der Waals surface area contributed by atoms with E-state index in [2.05, 4.69) is 0 Å². The van der Waals surface area contributed by atoms with Crippen LogP contribution in [0.25, 0.3) is 21.5 Å². The van der Waals surface area contributed by atoms with Crippen LogP contribution >= 0.6 is 0 Å². The maximum atomic E-state index is 14.1. The highest BCUT2D eigenvalue weighted by molar-refractivity contribution is 6.12. The van der Waals surface area contributed by atoms with Crippen molar-refractivity contribution in [3.63, 3.8) is 0 Å². The van der Waals surface area contributed by atoms with Crippen molar-refractivity contribution in [1.82, 2.24) is 0 Å². The molecule has 3 aromatic rings. The monoisotopic (exact) mass is 396 g/mol. The highest BCUT2D eigenvalue weighted by atomic mass is 19.1. The molecule has 0 heterocycles. The van der Waals surface area contributed by atoms with Gasteiger partial charge in [0.2, 0.25) is 0 Å². The van der Waals surface area contributed by atoms with Gasteiger partial charge in [-0.3, -0.25) is 9.59 Å². The predicted molar refractivity (Wildman–Crippen MR) is 112 cm³/mol. The molecule has 0 aromatic heterocycles. The van der Waals surface area contributed by atoms with Gasteiger partial charge in [0, 0.05) is 34.4 Å². The standard InChI is InChI=1S/C24H25FO4/c1-14(2)11-21(26)28-23-17-7-5-6-8-18(17)24(29-22(27)12-15(3)4)20-13-16(25)9-10-19(20)23/h5-10,13-15H,11-12H2,1-4H3. The highest BCUT2D eigenvalue weighted by Crippen LogP contribution is 2.43. The molecule has 0 unspecified atom stereocenters. The summed E-state index contributed by atoms with van der Waals surface area (Å²) >= 11 is 0. The number of benzene rings is 3. The minimum Gasteiger partial charge on any atom is -0.425 e. The van der Waals surface area contributed by atoms with Gasteiger partial charge in [-0.2, -0.15) is 0 Å². The molecular formula is C24H25FO4. The van der Waals surface area contributed by atoms with Crippen molar-refractivity contribution in [2.24, 2.45) is 11.8 Å². The Bertz CT molecular complexity index is 1070. The molecule has 0 saturated heterocycles. The van der Waals surface area contributed by atoms with E-state index >= 15 is 0 Å². The normalized spacial score (nSPS) is 11.4. The van der Waals surface area contributed by atoms with Crippen LogP contribution in [-0.2, 0) is 9.59 Å². The molecular weight excluding hydrogens is 371 g/mol. The second-order valence-corrected chi connectivity index (χ2v) is 8.04. The van der Waals surface area contributed by atoms with E-state index in [1.54, 1.807) is 24.3 Å². The van der Waals surface area contributed by atoms with E-state index in [1.807, 2.05) is 33.8 Å². The summed E-state index contributed by atoms with van der Waals surface area (Å²) in [6.45, 7) is 7.72. The second-order valence-electron chi connectivity index (χ2n) is 8.04. The molecule has 0 aliphatic heterocycles. The lowest BCUT2D eigenvalue weighted by molar-refractivity contribution is -0.136. The van der Waals surface area contributed by atoms with Gasteiger partial charge in [-0.15, -0.1) is 0 Å². The Balaban J connectivity index is 2.23. The summed E-state index contributed by atoms with van der Waals surface area (Å²) in [6.07, 6.45) is 0.512. The van der Waals surface area contributed by atoms with Gasteiger partial charge in [0.1, 0.15) is 17.3 Å². The van der Waals surface area contributed by atoms with Crippen molar-refractivity contribution in [2.75, 3.05) is 0 Å². The van der Waals surface area contributed by atoms with E-state index in [9.17, 15) is 14.0 Å². The summed E-state index contributed by atoms with van der Waals surface area (Å²) in [7, 11) is 0. The molecule has 0 spiro atoms. The van der Waals surface area contributed by atoms with Gasteiger partial charge in [-0.25, -0.2) is 4.39 Å². The van der Waals surface area contributed by atoms with Crippen molar-refractivity contribution >= 4 is 33.5 Å². The summed E-state index contributed by atoms with van der Waals surface area (Å²) in [6, 6.07) is 11.3. The first kappa shape index (κ1) is 20.8. The van der Waals surface area contributed by atoms with Gasteiger partial charge in [-0.1, -0.05) is 52.0 Å². The van der Waals surface area contributed by atoms with Crippen molar-refractivity contribution in [2.45, 2.75) is 40.5 Å². The van der Waals surface area contributed by atoms with Crippen LogP contribution in [-0.4, -0.2) is 11.9 Å². The molecule has 0 bridgehead atoms. The van der Waals surface area contributed by atoms with E-state index in [1.165, 1.54) is 12.1 Å².